The van der Waals surface area contributed by atoms with Gasteiger partial charge in [0, 0.05) is 18.6 Å². The van der Waals surface area contributed by atoms with Crippen molar-refractivity contribution in [2.24, 2.45) is 10.8 Å². The van der Waals surface area contributed by atoms with Crippen LogP contribution < -0.4 is 20.2 Å². The Hall–Kier alpha value is -3.29. The van der Waals surface area contributed by atoms with Crippen LogP contribution in [0.1, 0.15) is 18.0 Å². The van der Waals surface area contributed by atoms with E-state index < -0.39 is 4.92 Å². The first kappa shape index (κ1) is 16.6. The summed E-state index contributed by atoms with van der Waals surface area (Å²) in [4.78, 5) is 10.4. The van der Waals surface area contributed by atoms with Gasteiger partial charge in [-0.25, -0.2) is 0 Å². The van der Waals surface area contributed by atoms with Crippen molar-refractivity contribution in [1.29, 1.82) is 0 Å². The molecule has 0 saturated carbocycles. The van der Waals surface area contributed by atoms with E-state index in [0.717, 1.165) is 11.3 Å². The highest BCUT2D eigenvalue weighted by molar-refractivity contribution is 5.85. The molecular formula is C17H18N4O4. The van der Waals surface area contributed by atoms with Gasteiger partial charge < -0.3 is 15.2 Å². The smallest absolute Gasteiger partial charge is 0.269 e. The number of anilines is 1. The largest absolute Gasteiger partial charge is 0.493 e. The van der Waals surface area contributed by atoms with Gasteiger partial charge in [0.1, 0.15) is 5.84 Å². The molecule has 0 unspecified atom stereocenters. The number of amidine groups is 1. The van der Waals surface area contributed by atoms with Gasteiger partial charge in [-0.1, -0.05) is 6.07 Å². The Balaban J connectivity index is 1.94. The topological polar surface area (TPSA) is 103 Å². The molecule has 2 aromatic rings. The lowest BCUT2D eigenvalue weighted by Crippen LogP contribution is -2.18. The Bertz CT molecular complexity index is 820. The van der Waals surface area contributed by atoms with E-state index in [1.54, 1.807) is 31.4 Å². The lowest BCUT2D eigenvalue weighted by atomic mass is 10.0. The van der Waals surface area contributed by atoms with E-state index in [0.29, 0.717) is 23.8 Å². The molecule has 130 valence electrons. The van der Waals surface area contributed by atoms with E-state index in [2.05, 4.69) is 5.10 Å². The maximum absolute atomic E-state index is 10.8. The number of hydrogen-bond acceptors (Lipinski definition) is 7. The minimum atomic E-state index is -0.433. The normalized spacial score (nSPS) is 16.5. The predicted molar refractivity (Wildman–Crippen MR) is 94.1 cm³/mol. The standard InChI is InChI=1S/C17H18N4O4/c1-24-15-8-3-11(9-16(15)25-2)14-10-17(18)19-20(14)12-4-6-13(7-5-12)21(22)23/h3-9,14H,10H2,1-2H3,(H2,18,19)/t14-/m0/s1. The molecular weight excluding hydrogens is 324 g/mol. The van der Waals surface area contributed by atoms with E-state index in [1.807, 2.05) is 18.2 Å². The highest BCUT2D eigenvalue weighted by Gasteiger charge is 2.29. The first-order valence-electron chi connectivity index (χ1n) is 7.62. The number of nitrogens with zero attached hydrogens (tertiary/aromatic N) is 3. The van der Waals surface area contributed by atoms with Gasteiger partial charge in [-0.3, -0.25) is 15.1 Å². The van der Waals surface area contributed by atoms with Gasteiger partial charge >= 0.3 is 0 Å². The van der Waals surface area contributed by atoms with Crippen molar-refractivity contribution < 1.29 is 14.4 Å². The van der Waals surface area contributed by atoms with Crippen LogP contribution in [0.25, 0.3) is 0 Å². The van der Waals surface area contributed by atoms with Crippen molar-refractivity contribution in [3.8, 4) is 11.5 Å². The first-order valence-corrected chi connectivity index (χ1v) is 7.62. The van der Waals surface area contributed by atoms with Gasteiger partial charge in [0.05, 0.1) is 30.9 Å². The summed E-state index contributed by atoms with van der Waals surface area (Å²) >= 11 is 0. The zero-order chi connectivity index (χ0) is 18.0. The molecule has 8 nitrogen and oxygen atoms in total. The lowest BCUT2D eigenvalue weighted by molar-refractivity contribution is -0.384. The van der Waals surface area contributed by atoms with Gasteiger partial charge in [0.25, 0.3) is 5.69 Å². The van der Waals surface area contributed by atoms with Gasteiger partial charge in [-0.2, -0.15) is 5.10 Å². The number of rotatable bonds is 5. The Morgan fingerprint density at radius 2 is 1.84 bits per heavy atom. The molecule has 8 heteroatoms. The molecule has 0 aromatic heterocycles. The minimum Gasteiger partial charge on any atom is -0.493 e. The van der Waals surface area contributed by atoms with Crippen molar-refractivity contribution in [1.82, 2.24) is 0 Å². The van der Waals surface area contributed by atoms with Crippen molar-refractivity contribution in [2.75, 3.05) is 19.2 Å². The van der Waals surface area contributed by atoms with Crippen LogP contribution in [0.5, 0.6) is 11.5 Å². The molecule has 1 heterocycles. The summed E-state index contributed by atoms with van der Waals surface area (Å²) in [6, 6.07) is 11.7. The number of benzene rings is 2. The molecule has 2 N–H and O–H groups in total. The summed E-state index contributed by atoms with van der Waals surface area (Å²) in [6.07, 6.45) is 0.548. The highest BCUT2D eigenvalue weighted by Crippen LogP contribution is 2.38. The minimum absolute atomic E-state index is 0.0302. The molecule has 0 saturated heterocycles. The quantitative estimate of drug-likeness (QED) is 0.662. The number of methoxy groups -OCH3 is 2. The molecule has 0 fully saturated rings. The summed E-state index contributed by atoms with van der Waals surface area (Å²) in [5, 5.41) is 17.0. The maximum Gasteiger partial charge on any atom is 0.269 e. The maximum atomic E-state index is 10.8. The summed E-state index contributed by atoms with van der Waals surface area (Å²) in [5.41, 5.74) is 7.66. The third-order valence-corrected chi connectivity index (χ3v) is 4.05. The molecule has 1 aliphatic heterocycles. The van der Waals surface area contributed by atoms with Crippen LogP contribution in [-0.4, -0.2) is 25.0 Å². The average Bonchev–Trinajstić information content (AvgIpc) is 3.03. The molecule has 0 amide bonds. The second kappa shape index (κ2) is 6.68. The van der Waals surface area contributed by atoms with Crippen LogP contribution in [0, 0.1) is 10.1 Å². The fourth-order valence-corrected chi connectivity index (χ4v) is 2.82. The number of hydrogen-bond donors (Lipinski definition) is 1. The Morgan fingerprint density at radius 3 is 2.44 bits per heavy atom. The Morgan fingerprint density at radius 1 is 1.16 bits per heavy atom. The summed E-state index contributed by atoms with van der Waals surface area (Å²) in [5.74, 6) is 1.76. The van der Waals surface area contributed by atoms with Gasteiger partial charge in [0.2, 0.25) is 0 Å². The van der Waals surface area contributed by atoms with Crippen molar-refractivity contribution in [3.05, 3.63) is 58.1 Å². The molecule has 1 aliphatic rings. The molecule has 25 heavy (non-hydrogen) atoms. The van der Waals surface area contributed by atoms with E-state index in [4.69, 9.17) is 15.2 Å². The second-order valence-corrected chi connectivity index (χ2v) is 5.54. The zero-order valence-electron chi connectivity index (χ0n) is 13.9. The summed E-state index contributed by atoms with van der Waals surface area (Å²) < 4.78 is 10.6. The number of nitrogens with two attached hydrogens (primary N) is 1. The van der Waals surface area contributed by atoms with Crippen LogP contribution in [0.4, 0.5) is 11.4 Å². The second-order valence-electron chi connectivity index (χ2n) is 5.54. The lowest BCUT2D eigenvalue weighted by Gasteiger charge is -2.24. The molecule has 0 radical (unpaired) electrons. The van der Waals surface area contributed by atoms with Gasteiger partial charge in [-0.05, 0) is 29.8 Å². The number of nitro benzene ring substituents is 1. The van der Waals surface area contributed by atoms with E-state index in [-0.39, 0.29) is 11.7 Å². The van der Waals surface area contributed by atoms with E-state index in [1.165, 1.54) is 12.1 Å². The monoisotopic (exact) mass is 342 g/mol. The Labute approximate surface area is 144 Å². The fourth-order valence-electron chi connectivity index (χ4n) is 2.82. The number of nitro groups is 1. The number of ether oxygens (including phenoxy) is 2. The van der Waals surface area contributed by atoms with E-state index >= 15 is 0 Å². The van der Waals surface area contributed by atoms with Crippen LogP contribution in [-0.2, 0) is 0 Å². The SMILES string of the molecule is COc1ccc([C@@H]2CC(N)=NN2c2ccc([N+](=O)[O-])cc2)cc1OC. The van der Waals surface area contributed by atoms with Crippen molar-refractivity contribution in [2.45, 2.75) is 12.5 Å². The molecule has 1 atom stereocenters. The van der Waals surface area contributed by atoms with Crippen LogP contribution in [0.2, 0.25) is 0 Å². The highest BCUT2D eigenvalue weighted by atomic mass is 16.6. The summed E-state index contributed by atoms with van der Waals surface area (Å²) in [6.45, 7) is 0. The first-order chi connectivity index (χ1) is 12.0. The molecule has 3 rings (SSSR count). The molecule has 0 spiro atoms. The van der Waals surface area contributed by atoms with Crippen LogP contribution in [0.3, 0.4) is 0 Å². The van der Waals surface area contributed by atoms with Crippen LogP contribution in [0.15, 0.2) is 47.6 Å². The molecule has 0 aliphatic carbocycles. The number of non-ortho nitro benzene ring substituents is 1. The summed E-state index contributed by atoms with van der Waals surface area (Å²) in [7, 11) is 3.16. The molecule has 0 bridgehead atoms. The number of hydrazone groups is 1. The Kier molecular flexibility index (Phi) is 4.42. The zero-order valence-corrected chi connectivity index (χ0v) is 13.9. The van der Waals surface area contributed by atoms with Gasteiger partial charge in [-0.15, -0.1) is 0 Å². The third kappa shape index (κ3) is 3.18. The van der Waals surface area contributed by atoms with Crippen molar-refractivity contribution in [3.63, 3.8) is 0 Å². The average molecular weight is 342 g/mol. The van der Waals surface area contributed by atoms with E-state index in [9.17, 15) is 10.1 Å². The predicted octanol–water partition coefficient (Wildman–Crippen LogP) is 2.84. The van der Waals surface area contributed by atoms with Crippen LogP contribution >= 0.6 is 0 Å². The van der Waals surface area contributed by atoms with Crippen molar-refractivity contribution >= 4 is 17.2 Å². The third-order valence-electron chi connectivity index (χ3n) is 4.05. The fraction of sp³-hybridized carbons (Fsp3) is 0.235. The molecule has 2 aromatic carbocycles. The van der Waals surface area contributed by atoms with Gasteiger partial charge in [0.15, 0.2) is 11.5 Å².